The summed E-state index contributed by atoms with van der Waals surface area (Å²) in [5.41, 5.74) is 9.19. The lowest BCUT2D eigenvalue weighted by Crippen LogP contribution is -2.38. The van der Waals surface area contributed by atoms with Gasteiger partial charge in [0.25, 0.3) is 0 Å². The Balaban J connectivity index is 1.57. The quantitative estimate of drug-likeness (QED) is 0.539. The highest BCUT2D eigenvalue weighted by molar-refractivity contribution is 8.01. The topological polar surface area (TPSA) is 114 Å². The molecule has 0 spiro atoms. The van der Waals surface area contributed by atoms with Gasteiger partial charge in [0, 0.05) is 22.9 Å². The number of nitriles is 1. The standard InChI is InChI=1S/C26H29N5O3S2/c1-33-20-12-11-15(13-21(20)34-2)22-17(14-27)24(28)31(18-9-6-10-19(32)23(18)22)25-29-30-26(36-25)35-16-7-4-3-5-8-16/h11-13,16,22H,3-10,28H2,1-2H3. The molecule has 0 bridgehead atoms. The number of ether oxygens (including phenoxy) is 2. The van der Waals surface area contributed by atoms with Crippen LogP contribution in [0, 0.1) is 11.3 Å². The van der Waals surface area contributed by atoms with Crippen LogP contribution in [0.3, 0.4) is 0 Å². The number of carbonyl (C=O) groups excluding carboxylic acids is 1. The molecule has 0 saturated heterocycles. The van der Waals surface area contributed by atoms with E-state index in [1.54, 1.807) is 36.9 Å². The monoisotopic (exact) mass is 523 g/mol. The van der Waals surface area contributed by atoms with Crippen molar-refractivity contribution in [1.82, 2.24) is 10.2 Å². The van der Waals surface area contributed by atoms with E-state index >= 15 is 0 Å². The molecule has 1 saturated carbocycles. The number of aromatic nitrogens is 2. The molecule has 5 rings (SSSR count). The summed E-state index contributed by atoms with van der Waals surface area (Å²) in [5, 5.41) is 20.3. The third kappa shape index (κ3) is 4.46. The average molecular weight is 524 g/mol. The Hall–Kier alpha value is -3.03. The third-order valence-corrected chi connectivity index (χ3v) is 9.39. The maximum atomic E-state index is 13.4. The maximum absolute atomic E-state index is 13.4. The van der Waals surface area contributed by atoms with Crippen molar-refractivity contribution < 1.29 is 14.3 Å². The van der Waals surface area contributed by atoms with E-state index in [4.69, 9.17) is 15.2 Å². The van der Waals surface area contributed by atoms with Crippen molar-refractivity contribution in [1.29, 1.82) is 5.26 Å². The molecule has 1 aromatic carbocycles. The molecule has 2 aromatic rings. The van der Waals surface area contributed by atoms with Crippen LogP contribution in [0.15, 0.2) is 45.2 Å². The van der Waals surface area contributed by atoms with E-state index in [0.717, 1.165) is 22.0 Å². The number of benzene rings is 1. The van der Waals surface area contributed by atoms with Gasteiger partial charge in [0.1, 0.15) is 5.82 Å². The van der Waals surface area contributed by atoms with Gasteiger partial charge in [0.2, 0.25) is 5.13 Å². The predicted octanol–water partition coefficient (Wildman–Crippen LogP) is 5.28. The van der Waals surface area contributed by atoms with Crippen LogP contribution in [0.1, 0.15) is 62.8 Å². The molecule has 36 heavy (non-hydrogen) atoms. The van der Waals surface area contributed by atoms with Crippen molar-refractivity contribution in [3.8, 4) is 17.6 Å². The van der Waals surface area contributed by atoms with Crippen LogP contribution in [-0.4, -0.2) is 35.5 Å². The van der Waals surface area contributed by atoms with Crippen molar-refractivity contribution in [2.24, 2.45) is 5.73 Å². The number of carbonyl (C=O) groups is 1. The number of allylic oxidation sites excluding steroid dienone is 3. The summed E-state index contributed by atoms with van der Waals surface area (Å²) in [6, 6.07) is 7.77. The first-order chi connectivity index (χ1) is 17.5. The van der Waals surface area contributed by atoms with Crippen molar-refractivity contribution in [2.45, 2.75) is 66.9 Å². The van der Waals surface area contributed by atoms with Crippen molar-refractivity contribution in [3.63, 3.8) is 0 Å². The zero-order chi connectivity index (χ0) is 25.2. The Morgan fingerprint density at radius 1 is 1.11 bits per heavy atom. The van der Waals surface area contributed by atoms with E-state index < -0.39 is 5.92 Å². The van der Waals surface area contributed by atoms with Crippen LogP contribution in [0.5, 0.6) is 11.5 Å². The average Bonchev–Trinajstić information content (AvgIpc) is 3.36. The number of methoxy groups -OCH3 is 2. The first-order valence-corrected chi connectivity index (χ1v) is 13.9. The minimum absolute atomic E-state index is 0.0302. The van der Waals surface area contributed by atoms with Gasteiger partial charge >= 0.3 is 0 Å². The molecule has 10 heteroatoms. The molecule has 1 fully saturated rings. The van der Waals surface area contributed by atoms with Crippen LogP contribution < -0.4 is 20.1 Å². The number of nitrogens with zero attached hydrogens (tertiary/aromatic N) is 4. The van der Waals surface area contributed by atoms with Crippen LogP contribution in [0.2, 0.25) is 0 Å². The minimum atomic E-state index is -0.571. The number of nitrogens with two attached hydrogens (primary N) is 1. The fourth-order valence-electron chi connectivity index (χ4n) is 5.34. The van der Waals surface area contributed by atoms with E-state index in [-0.39, 0.29) is 5.78 Å². The van der Waals surface area contributed by atoms with Crippen LogP contribution in [0.4, 0.5) is 5.13 Å². The molecule has 8 nitrogen and oxygen atoms in total. The third-order valence-electron chi connectivity index (χ3n) is 7.06. The Morgan fingerprint density at radius 2 is 1.89 bits per heavy atom. The first-order valence-electron chi connectivity index (χ1n) is 12.2. The van der Waals surface area contributed by atoms with Crippen LogP contribution in [0.25, 0.3) is 0 Å². The minimum Gasteiger partial charge on any atom is -0.493 e. The van der Waals surface area contributed by atoms with Gasteiger partial charge < -0.3 is 15.2 Å². The Morgan fingerprint density at radius 3 is 2.61 bits per heavy atom. The van der Waals surface area contributed by atoms with E-state index in [1.165, 1.54) is 43.4 Å². The summed E-state index contributed by atoms with van der Waals surface area (Å²) in [4.78, 5) is 15.1. The molecule has 3 aliphatic rings. The number of ketones is 1. The summed E-state index contributed by atoms with van der Waals surface area (Å²) in [6.45, 7) is 0. The highest BCUT2D eigenvalue weighted by Gasteiger charge is 2.41. The van der Waals surface area contributed by atoms with Gasteiger partial charge in [0.15, 0.2) is 21.6 Å². The molecule has 188 valence electrons. The number of rotatable bonds is 6. The predicted molar refractivity (Wildman–Crippen MR) is 140 cm³/mol. The molecule has 2 aliphatic carbocycles. The van der Waals surface area contributed by atoms with Crippen molar-refractivity contribution in [3.05, 3.63) is 46.4 Å². The summed E-state index contributed by atoms with van der Waals surface area (Å²) in [7, 11) is 3.14. The van der Waals surface area contributed by atoms with Gasteiger partial charge in [-0.15, -0.1) is 10.2 Å². The lowest BCUT2D eigenvalue weighted by molar-refractivity contribution is -0.116. The summed E-state index contributed by atoms with van der Waals surface area (Å²) in [5.74, 6) is 0.874. The molecular weight excluding hydrogens is 494 g/mol. The van der Waals surface area contributed by atoms with Crippen molar-refractivity contribution >= 4 is 34.0 Å². The summed E-state index contributed by atoms with van der Waals surface area (Å²) >= 11 is 3.26. The maximum Gasteiger partial charge on any atom is 0.219 e. The second kappa shape index (κ2) is 10.5. The summed E-state index contributed by atoms with van der Waals surface area (Å²) in [6.07, 6.45) is 8.05. The van der Waals surface area contributed by atoms with E-state index in [1.807, 2.05) is 12.1 Å². The van der Waals surface area contributed by atoms with Crippen LogP contribution in [-0.2, 0) is 4.79 Å². The highest BCUT2D eigenvalue weighted by Crippen LogP contribution is 2.48. The number of Topliss-reactive ketones (excluding diaryl/α,β-unsaturated/α-hetero) is 1. The lowest BCUT2D eigenvalue weighted by Gasteiger charge is -2.38. The zero-order valence-corrected chi connectivity index (χ0v) is 22.1. The Labute approximate surface area is 219 Å². The number of hydrogen-bond acceptors (Lipinski definition) is 10. The normalized spacial score (nSPS) is 20.9. The molecule has 1 unspecified atom stereocenters. The number of thioether (sulfide) groups is 1. The molecule has 1 aliphatic heterocycles. The first kappa shape index (κ1) is 24.7. The zero-order valence-electron chi connectivity index (χ0n) is 20.5. The van der Waals surface area contributed by atoms with Crippen molar-refractivity contribution in [2.75, 3.05) is 19.1 Å². The Kier molecular flexibility index (Phi) is 7.21. The molecule has 1 atom stereocenters. The molecule has 0 amide bonds. The highest BCUT2D eigenvalue weighted by atomic mass is 32.2. The van der Waals surface area contributed by atoms with Gasteiger partial charge in [0.05, 0.1) is 31.8 Å². The second-order valence-electron chi connectivity index (χ2n) is 9.16. The second-order valence-corrected chi connectivity index (χ2v) is 11.7. The SMILES string of the molecule is COc1ccc(C2C(C#N)=C(N)N(c3nnc(SC4CCCCC4)s3)C3=C2C(=O)CCC3)cc1OC. The van der Waals surface area contributed by atoms with Gasteiger partial charge in [-0.3, -0.25) is 9.69 Å². The molecule has 1 aromatic heterocycles. The van der Waals surface area contributed by atoms with E-state index in [2.05, 4.69) is 16.3 Å². The molecule has 2 N–H and O–H groups in total. The summed E-state index contributed by atoms with van der Waals surface area (Å²) < 4.78 is 11.8. The van der Waals surface area contributed by atoms with Gasteiger partial charge in [-0.1, -0.05) is 48.4 Å². The van der Waals surface area contributed by atoms with Gasteiger partial charge in [-0.2, -0.15) is 5.26 Å². The number of hydrogen-bond donors (Lipinski definition) is 1. The van der Waals surface area contributed by atoms with E-state index in [9.17, 15) is 10.1 Å². The molecule has 0 radical (unpaired) electrons. The fraction of sp³-hybridized carbons (Fsp3) is 0.462. The Bertz CT molecular complexity index is 1270. The lowest BCUT2D eigenvalue weighted by atomic mass is 9.75. The van der Waals surface area contributed by atoms with E-state index in [0.29, 0.717) is 51.7 Å². The largest absolute Gasteiger partial charge is 0.493 e. The molecule has 2 heterocycles. The van der Waals surface area contributed by atoms with Crippen LogP contribution >= 0.6 is 23.1 Å². The number of anilines is 1. The van der Waals surface area contributed by atoms with Gasteiger partial charge in [-0.05, 0) is 43.4 Å². The fourth-order valence-corrected chi connectivity index (χ4v) is 7.72. The smallest absolute Gasteiger partial charge is 0.219 e. The molecular formula is C26H29N5O3S2. The van der Waals surface area contributed by atoms with Gasteiger partial charge in [-0.25, -0.2) is 0 Å².